The Morgan fingerprint density at radius 1 is 1.17 bits per heavy atom. The summed E-state index contributed by atoms with van der Waals surface area (Å²) < 4.78 is 1.14. The number of nitrogens with one attached hydrogen (secondary N) is 1. The molecule has 0 aliphatic heterocycles. The highest BCUT2D eigenvalue weighted by molar-refractivity contribution is 7.17. The monoisotopic (exact) mass is 275 g/mol. The van der Waals surface area contributed by atoms with Crippen LogP contribution < -0.4 is 5.32 Å². The van der Waals surface area contributed by atoms with E-state index in [2.05, 4.69) is 45.1 Å². The molecule has 3 rings (SSSR count). The molecule has 0 radical (unpaired) electrons. The molecule has 18 heavy (non-hydrogen) atoms. The van der Waals surface area contributed by atoms with Gasteiger partial charge in [0.1, 0.15) is 5.82 Å². The minimum atomic E-state index is 0.814. The number of hydrogen-bond donors (Lipinski definition) is 1. The first-order chi connectivity index (χ1) is 8.88. The van der Waals surface area contributed by atoms with Crippen LogP contribution in [0.4, 0.5) is 5.82 Å². The van der Waals surface area contributed by atoms with Crippen molar-refractivity contribution in [2.24, 2.45) is 0 Å². The molecule has 0 aromatic carbocycles. The minimum Gasteiger partial charge on any atom is -0.369 e. The van der Waals surface area contributed by atoms with Gasteiger partial charge in [-0.2, -0.15) is 0 Å². The molecule has 3 heterocycles. The molecule has 0 saturated heterocycles. The van der Waals surface area contributed by atoms with E-state index in [1.807, 2.05) is 6.07 Å². The van der Waals surface area contributed by atoms with Gasteiger partial charge in [-0.05, 0) is 29.3 Å². The van der Waals surface area contributed by atoms with Crippen LogP contribution in [0.1, 0.15) is 13.3 Å². The highest BCUT2D eigenvalue weighted by atomic mass is 32.1. The SMILES string of the molecule is CCCNc1nc(-c2cccs2)nc2ccsc12. The fourth-order valence-electron chi connectivity index (χ4n) is 1.74. The molecule has 0 aliphatic carbocycles. The molecule has 0 unspecified atom stereocenters. The van der Waals surface area contributed by atoms with Crippen LogP contribution >= 0.6 is 22.7 Å². The Labute approximate surface area is 114 Å². The second kappa shape index (κ2) is 5.04. The van der Waals surface area contributed by atoms with E-state index in [9.17, 15) is 0 Å². The molecule has 0 aliphatic rings. The molecule has 0 fully saturated rings. The number of nitrogens with zero attached hydrogens (tertiary/aromatic N) is 2. The lowest BCUT2D eigenvalue weighted by atomic mass is 10.3. The largest absolute Gasteiger partial charge is 0.369 e. The Bertz CT molecular complexity index is 643. The van der Waals surface area contributed by atoms with Crippen LogP contribution in [-0.4, -0.2) is 16.5 Å². The van der Waals surface area contributed by atoms with Crippen molar-refractivity contribution in [2.45, 2.75) is 13.3 Å². The van der Waals surface area contributed by atoms with E-state index in [1.54, 1.807) is 22.7 Å². The maximum absolute atomic E-state index is 4.65. The van der Waals surface area contributed by atoms with E-state index in [0.717, 1.165) is 39.7 Å². The first-order valence-electron chi connectivity index (χ1n) is 5.91. The van der Waals surface area contributed by atoms with Crippen molar-refractivity contribution in [1.82, 2.24) is 9.97 Å². The number of fused-ring (bicyclic) bond motifs is 1. The summed E-state index contributed by atoms with van der Waals surface area (Å²) in [5.41, 5.74) is 1.03. The van der Waals surface area contributed by atoms with Gasteiger partial charge in [0.05, 0.1) is 15.1 Å². The molecule has 3 nitrogen and oxygen atoms in total. The second-order valence-corrected chi connectivity index (χ2v) is 5.80. The van der Waals surface area contributed by atoms with Gasteiger partial charge >= 0.3 is 0 Å². The average Bonchev–Trinajstić information content (AvgIpc) is 3.05. The number of thiophene rings is 2. The number of rotatable bonds is 4. The Hall–Kier alpha value is -1.46. The second-order valence-electron chi connectivity index (χ2n) is 3.93. The van der Waals surface area contributed by atoms with E-state index in [4.69, 9.17) is 0 Å². The molecule has 0 atom stereocenters. The van der Waals surface area contributed by atoms with Crippen LogP contribution in [0, 0.1) is 0 Å². The predicted octanol–water partition coefficient (Wildman–Crippen LogP) is 4.24. The number of anilines is 1. The number of hydrogen-bond acceptors (Lipinski definition) is 5. The van der Waals surface area contributed by atoms with Crippen LogP contribution in [0.25, 0.3) is 20.9 Å². The first kappa shape index (κ1) is 11.6. The summed E-state index contributed by atoms with van der Waals surface area (Å²) in [5, 5.41) is 7.51. The van der Waals surface area contributed by atoms with Crippen LogP contribution in [0.5, 0.6) is 0 Å². The summed E-state index contributed by atoms with van der Waals surface area (Å²) >= 11 is 3.36. The van der Waals surface area contributed by atoms with Gasteiger partial charge in [-0.1, -0.05) is 13.0 Å². The molecule has 0 amide bonds. The Morgan fingerprint density at radius 2 is 2.11 bits per heavy atom. The zero-order valence-corrected chi connectivity index (χ0v) is 11.6. The summed E-state index contributed by atoms with van der Waals surface area (Å²) in [6.07, 6.45) is 1.09. The third-order valence-electron chi connectivity index (χ3n) is 2.59. The molecule has 0 bridgehead atoms. The molecule has 1 N–H and O–H groups in total. The molecule has 3 aromatic rings. The van der Waals surface area contributed by atoms with Crippen molar-refractivity contribution in [3.63, 3.8) is 0 Å². The third-order valence-corrected chi connectivity index (χ3v) is 4.36. The molecule has 3 aromatic heterocycles. The smallest absolute Gasteiger partial charge is 0.172 e. The van der Waals surface area contributed by atoms with Crippen molar-refractivity contribution in [1.29, 1.82) is 0 Å². The molecule has 5 heteroatoms. The van der Waals surface area contributed by atoms with Crippen LogP contribution in [0.15, 0.2) is 29.0 Å². The van der Waals surface area contributed by atoms with Crippen molar-refractivity contribution in [3.05, 3.63) is 29.0 Å². The highest BCUT2D eigenvalue weighted by Gasteiger charge is 2.10. The predicted molar refractivity (Wildman–Crippen MR) is 79.5 cm³/mol. The van der Waals surface area contributed by atoms with Crippen molar-refractivity contribution >= 4 is 38.7 Å². The van der Waals surface area contributed by atoms with E-state index < -0.39 is 0 Å². The Balaban J connectivity index is 2.11. The molecular formula is C13H13N3S2. The maximum Gasteiger partial charge on any atom is 0.172 e. The van der Waals surface area contributed by atoms with Gasteiger partial charge in [0.15, 0.2) is 5.82 Å². The summed E-state index contributed by atoms with van der Waals surface area (Å²) in [4.78, 5) is 10.4. The van der Waals surface area contributed by atoms with E-state index in [-0.39, 0.29) is 0 Å². The fraction of sp³-hybridized carbons (Fsp3) is 0.231. The lowest BCUT2D eigenvalue weighted by Crippen LogP contribution is -2.03. The molecule has 0 spiro atoms. The molecule has 0 saturated carbocycles. The highest BCUT2D eigenvalue weighted by Crippen LogP contribution is 2.30. The van der Waals surface area contributed by atoms with Gasteiger partial charge in [-0.15, -0.1) is 22.7 Å². The van der Waals surface area contributed by atoms with Gasteiger partial charge in [-0.25, -0.2) is 9.97 Å². The normalized spacial score (nSPS) is 10.9. The average molecular weight is 275 g/mol. The lowest BCUT2D eigenvalue weighted by molar-refractivity contribution is 0.971. The van der Waals surface area contributed by atoms with Crippen molar-refractivity contribution in [3.8, 4) is 10.7 Å². The lowest BCUT2D eigenvalue weighted by Gasteiger charge is -2.06. The van der Waals surface area contributed by atoms with Gasteiger partial charge in [0.2, 0.25) is 0 Å². The van der Waals surface area contributed by atoms with Crippen LogP contribution in [-0.2, 0) is 0 Å². The van der Waals surface area contributed by atoms with Crippen LogP contribution in [0.3, 0.4) is 0 Å². The summed E-state index contributed by atoms with van der Waals surface area (Å²) in [5.74, 6) is 1.77. The van der Waals surface area contributed by atoms with E-state index >= 15 is 0 Å². The van der Waals surface area contributed by atoms with Gasteiger partial charge in [0.25, 0.3) is 0 Å². The quantitative estimate of drug-likeness (QED) is 0.774. The number of aromatic nitrogens is 2. The fourth-order valence-corrected chi connectivity index (χ4v) is 3.20. The summed E-state index contributed by atoms with van der Waals surface area (Å²) in [6.45, 7) is 3.09. The Kier molecular flexibility index (Phi) is 3.25. The van der Waals surface area contributed by atoms with Crippen molar-refractivity contribution < 1.29 is 0 Å². The first-order valence-corrected chi connectivity index (χ1v) is 7.67. The van der Waals surface area contributed by atoms with Gasteiger partial charge < -0.3 is 5.32 Å². The van der Waals surface area contributed by atoms with Gasteiger partial charge in [0, 0.05) is 6.54 Å². The van der Waals surface area contributed by atoms with E-state index in [1.165, 1.54) is 0 Å². The standard InChI is InChI=1S/C13H13N3S2/c1-2-6-14-13-11-9(5-8-18-11)15-12(16-13)10-4-3-7-17-10/h3-5,7-8H,2,6H2,1H3,(H,14,15,16). The van der Waals surface area contributed by atoms with Crippen LogP contribution in [0.2, 0.25) is 0 Å². The topological polar surface area (TPSA) is 37.8 Å². The summed E-state index contributed by atoms with van der Waals surface area (Å²) in [6, 6.07) is 6.14. The zero-order valence-electron chi connectivity index (χ0n) is 10.0. The summed E-state index contributed by atoms with van der Waals surface area (Å²) in [7, 11) is 0. The Morgan fingerprint density at radius 3 is 2.89 bits per heavy atom. The zero-order chi connectivity index (χ0) is 12.4. The molecule has 92 valence electrons. The van der Waals surface area contributed by atoms with Crippen molar-refractivity contribution in [2.75, 3.05) is 11.9 Å². The molecular weight excluding hydrogens is 262 g/mol. The minimum absolute atomic E-state index is 0.814. The third kappa shape index (κ3) is 2.11. The van der Waals surface area contributed by atoms with Gasteiger partial charge in [-0.3, -0.25) is 0 Å². The van der Waals surface area contributed by atoms with E-state index in [0.29, 0.717) is 0 Å². The maximum atomic E-state index is 4.65.